The predicted octanol–water partition coefficient (Wildman–Crippen LogP) is 1.66. The third-order valence-electron chi connectivity index (χ3n) is 2.48. The maximum Gasteiger partial charge on any atom is 0.320 e. The van der Waals surface area contributed by atoms with E-state index in [1.54, 1.807) is 0 Å². The lowest BCUT2D eigenvalue weighted by molar-refractivity contribution is -0.138. The molecule has 0 saturated carbocycles. The molecule has 2 atom stereocenters. The second-order valence-corrected chi connectivity index (χ2v) is 8.06. The molecule has 0 fully saturated rings. The number of hydrogen-bond donors (Lipinski definition) is 3. The maximum absolute atomic E-state index is 11.8. The summed E-state index contributed by atoms with van der Waals surface area (Å²) < 4.78 is 19.5. The predicted molar refractivity (Wildman–Crippen MR) is 69.5 cm³/mol. The average Bonchev–Trinajstić information content (AvgIpc) is 2.11. The minimum Gasteiger partial charge on any atom is -0.480 e. The van der Waals surface area contributed by atoms with Crippen molar-refractivity contribution in [1.29, 1.82) is 4.78 Å². The molecule has 0 aliphatic rings. The van der Waals surface area contributed by atoms with Crippen molar-refractivity contribution in [3.8, 4) is 0 Å². The molecule has 0 amide bonds. The van der Waals surface area contributed by atoms with Crippen LogP contribution in [-0.2, 0) is 14.5 Å². The van der Waals surface area contributed by atoms with E-state index in [0.29, 0.717) is 5.75 Å². The normalized spacial score (nSPS) is 17.4. The van der Waals surface area contributed by atoms with E-state index in [2.05, 4.69) is 20.8 Å². The second kappa shape index (κ2) is 6.35. The topological polar surface area (TPSA) is 104 Å². The van der Waals surface area contributed by atoms with Gasteiger partial charge in [-0.2, -0.15) is 0 Å². The molecular formula is C11H24N2O3S. The Balaban J connectivity index is 4.01. The Morgan fingerprint density at radius 3 is 2.35 bits per heavy atom. The molecule has 0 heterocycles. The number of nitrogens with two attached hydrogens (primary N) is 1. The Labute approximate surface area is 104 Å². The van der Waals surface area contributed by atoms with Crippen LogP contribution >= 0.6 is 0 Å². The van der Waals surface area contributed by atoms with Gasteiger partial charge in [0, 0.05) is 21.2 Å². The van der Waals surface area contributed by atoms with Crippen molar-refractivity contribution in [2.45, 2.75) is 46.1 Å². The standard InChI is InChI=1S/C11H24N2O3S/c1-11(2,3)6-4-7-17(13,16)8-5-9(12)10(14)15/h9,13H,4-8,12H2,1-3H3,(H,14,15)/t9-,17?/m0/s1. The zero-order valence-electron chi connectivity index (χ0n) is 10.9. The summed E-state index contributed by atoms with van der Waals surface area (Å²) in [6.45, 7) is 6.29. The van der Waals surface area contributed by atoms with Gasteiger partial charge in [0.25, 0.3) is 0 Å². The van der Waals surface area contributed by atoms with Gasteiger partial charge in [0.1, 0.15) is 6.04 Å². The van der Waals surface area contributed by atoms with Crippen molar-refractivity contribution < 1.29 is 14.1 Å². The number of carboxylic acid groups (broad SMARTS) is 1. The Kier molecular flexibility index (Phi) is 6.12. The monoisotopic (exact) mass is 264 g/mol. The van der Waals surface area contributed by atoms with Crippen LogP contribution in [0.3, 0.4) is 0 Å². The molecule has 1 unspecified atom stereocenters. The van der Waals surface area contributed by atoms with Crippen LogP contribution in [-0.4, -0.2) is 32.8 Å². The zero-order valence-corrected chi connectivity index (χ0v) is 11.7. The van der Waals surface area contributed by atoms with Crippen molar-refractivity contribution in [3.05, 3.63) is 0 Å². The van der Waals surface area contributed by atoms with E-state index >= 15 is 0 Å². The molecule has 0 aliphatic carbocycles. The van der Waals surface area contributed by atoms with Crippen molar-refractivity contribution >= 4 is 15.7 Å². The molecule has 6 heteroatoms. The van der Waals surface area contributed by atoms with Gasteiger partial charge in [-0.25, -0.2) is 4.21 Å². The summed E-state index contributed by atoms with van der Waals surface area (Å²) in [6.07, 6.45) is 1.75. The van der Waals surface area contributed by atoms with E-state index in [-0.39, 0.29) is 17.6 Å². The van der Waals surface area contributed by atoms with E-state index in [0.717, 1.165) is 12.8 Å². The first kappa shape index (κ1) is 16.4. The first-order valence-corrected chi connectivity index (χ1v) is 7.66. The lowest BCUT2D eigenvalue weighted by atomic mass is 9.91. The van der Waals surface area contributed by atoms with Crippen molar-refractivity contribution in [2.24, 2.45) is 11.1 Å². The lowest BCUT2D eigenvalue weighted by Gasteiger charge is -2.18. The van der Waals surface area contributed by atoms with Crippen LogP contribution in [0.5, 0.6) is 0 Å². The quantitative estimate of drug-likeness (QED) is 0.650. The van der Waals surface area contributed by atoms with Crippen molar-refractivity contribution in [2.75, 3.05) is 11.5 Å². The van der Waals surface area contributed by atoms with Crippen LogP contribution in [0.25, 0.3) is 0 Å². The fourth-order valence-corrected chi connectivity index (χ4v) is 2.83. The molecule has 0 aromatic carbocycles. The Morgan fingerprint density at radius 1 is 1.41 bits per heavy atom. The van der Waals surface area contributed by atoms with Gasteiger partial charge in [-0.1, -0.05) is 20.8 Å². The van der Waals surface area contributed by atoms with Crippen LogP contribution in [0.15, 0.2) is 0 Å². The Morgan fingerprint density at radius 2 is 1.94 bits per heavy atom. The maximum atomic E-state index is 11.8. The van der Waals surface area contributed by atoms with Crippen LogP contribution in [0.2, 0.25) is 0 Å². The highest BCUT2D eigenvalue weighted by atomic mass is 32.2. The number of nitrogens with one attached hydrogen (secondary N) is 1. The third kappa shape index (κ3) is 9.12. The first-order chi connectivity index (χ1) is 7.53. The first-order valence-electron chi connectivity index (χ1n) is 5.76. The lowest BCUT2D eigenvalue weighted by Crippen LogP contribution is -2.32. The SMILES string of the molecule is CC(C)(C)CCCS(=N)(=O)CC[C@H](N)C(=O)O. The molecule has 4 N–H and O–H groups in total. The number of carboxylic acids is 1. The van der Waals surface area contributed by atoms with E-state index in [1.165, 1.54) is 0 Å². The molecule has 0 bridgehead atoms. The molecule has 0 aliphatic heterocycles. The van der Waals surface area contributed by atoms with Gasteiger partial charge in [0.15, 0.2) is 0 Å². The van der Waals surface area contributed by atoms with E-state index in [9.17, 15) is 9.00 Å². The largest absolute Gasteiger partial charge is 0.480 e. The number of carbonyl (C=O) groups is 1. The molecule has 0 aromatic rings. The van der Waals surface area contributed by atoms with E-state index in [1.807, 2.05) is 0 Å². The second-order valence-electron chi connectivity index (χ2n) is 5.62. The highest BCUT2D eigenvalue weighted by Crippen LogP contribution is 2.21. The fourth-order valence-electron chi connectivity index (χ4n) is 1.38. The molecule has 0 radical (unpaired) electrons. The molecule has 5 nitrogen and oxygen atoms in total. The van der Waals surface area contributed by atoms with Crippen LogP contribution in [0.4, 0.5) is 0 Å². The summed E-state index contributed by atoms with van der Waals surface area (Å²) in [5.74, 6) is -0.698. The minimum atomic E-state index is -2.68. The van der Waals surface area contributed by atoms with Gasteiger partial charge in [0.05, 0.1) is 0 Å². The third-order valence-corrected chi connectivity index (χ3v) is 4.32. The zero-order chi connectivity index (χ0) is 13.7. The van der Waals surface area contributed by atoms with Gasteiger partial charge in [-0.15, -0.1) is 0 Å². The summed E-state index contributed by atoms with van der Waals surface area (Å²) in [6, 6.07) is -1.01. The number of hydrogen-bond acceptors (Lipinski definition) is 4. The highest BCUT2D eigenvalue weighted by Gasteiger charge is 2.16. The number of rotatable bonds is 7. The van der Waals surface area contributed by atoms with Crippen LogP contribution in [0.1, 0.15) is 40.0 Å². The van der Waals surface area contributed by atoms with Gasteiger partial charge in [0.2, 0.25) is 0 Å². The summed E-state index contributed by atoms with van der Waals surface area (Å²) in [5, 5.41) is 8.58. The molecular weight excluding hydrogens is 240 g/mol. The molecule has 17 heavy (non-hydrogen) atoms. The minimum absolute atomic E-state index is 0.0740. The number of aliphatic carboxylic acids is 1. The van der Waals surface area contributed by atoms with Crippen molar-refractivity contribution in [1.82, 2.24) is 0 Å². The van der Waals surface area contributed by atoms with E-state index < -0.39 is 21.7 Å². The fraction of sp³-hybridized carbons (Fsp3) is 0.909. The molecule has 0 rings (SSSR count). The molecule has 0 saturated heterocycles. The smallest absolute Gasteiger partial charge is 0.320 e. The Hall–Kier alpha value is -0.620. The molecule has 102 valence electrons. The Bertz CT molecular complexity index is 344. The van der Waals surface area contributed by atoms with Gasteiger partial charge < -0.3 is 10.8 Å². The van der Waals surface area contributed by atoms with Gasteiger partial charge in [-0.05, 0) is 24.7 Å². The summed E-state index contributed by atoms with van der Waals surface area (Å²) in [7, 11) is -2.68. The van der Waals surface area contributed by atoms with Gasteiger partial charge in [-0.3, -0.25) is 9.57 Å². The van der Waals surface area contributed by atoms with E-state index in [4.69, 9.17) is 15.6 Å². The van der Waals surface area contributed by atoms with Crippen molar-refractivity contribution in [3.63, 3.8) is 0 Å². The van der Waals surface area contributed by atoms with Gasteiger partial charge >= 0.3 is 5.97 Å². The van der Waals surface area contributed by atoms with Crippen LogP contribution in [0, 0.1) is 10.2 Å². The molecule has 0 spiro atoms. The average molecular weight is 264 g/mol. The summed E-state index contributed by atoms with van der Waals surface area (Å²) >= 11 is 0. The molecule has 0 aromatic heterocycles. The highest BCUT2D eigenvalue weighted by molar-refractivity contribution is 7.92. The summed E-state index contributed by atoms with van der Waals surface area (Å²) in [5.41, 5.74) is 5.49. The summed E-state index contributed by atoms with van der Waals surface area (Å²) in [4.78, 5) is 10.5. The van der Waals surface area contributed by atoms with Crippen LogP contribution < -0.4 is 5.73 Å².